The second kappa shape index (κ2) is 11.4. The first kappa shape index (κ1) is 27.1. The van der Waals surface area contributed by atoms with Gasteiger partial charge in [-0.2, -0.15) is 0 Å². The largest absolute Gasteiger partial charge is 0.465 e. The van der Waals surface area contributed by atoms with Gasteiger partial charge in [0.05, 0.1) is 11.6 Å². The van der Waals surface area contributed by atoms with Crippen LogP contribution in [0, 0.1) is 6.92 Å². The van der Waals surface area contributed by atoms with Crippen LogP contribution in [-0.2, 0) is 13.1 Å². The average Bonchev–Trinajstić information content (AvgIpc) is 3.35. The quantitative estimate of drug-likeness (QED) is 0.473. The zero-order chi connectivity index (χ0) is 27.7. The molecule has 2 fully saturated rings. The lowest BCUT2D eigenvalue weighted by molar-refractivity contribution is 0.0781. The predicted octanol–water partition coefficient (Wildman–Crippen LogP) is 4.00. The first-order valence-corrected chi connectivity index (χ1v) is 13.9. The van der Waals surface area contributed by atoms with Crippen molar-refractivity contribution in [3.05, 3.63) is 69.8 Å². The number of rotatable bonds is 7. The summed E-state index contributed by atoms with van der Waals surface area (Å²) in [4.78, 5) is 35.9. The van der Waals surface area contributed by atoms with E-state index < -0.39 is 6.09 Å². The Kier molecular flexibility index (Phi) is 7.91. The molecule has 2 aromatic heterocycles. The van der Waals surface area contributed by atoms with Gasteiger partial charge >= 0.3 is 6.09 Å². The Morgan fingerprint density at radius 3 is 2.64 bits per heavy atom. The Hall–Kier alpha value is -3.43. The van der Waals surface area contributed by atoms with Crippen LogP contribution >= 0.6 is 0 Å². The van der Waals surface area contributed by atoms with Crippen LogP contribution in [0.3, 0.4) is 0 Å². The van der Waals surface area contributed by atoms with E-state index in [-0.39, 0.29) is 23.6 Å². The molecule has 39 heavy (non-hydrogen) atoms. The van der Waals surface area contributed by atoms with Gasteiger partial charge in [0.1, 0.15) is 0 Å². The number of amides is 1. The second-order valence-corrected chi connectivity index (χ2v) is 11.3. The highest BCUT2D eigenvalue weighted by atomic mass is 16.4. The fourth-order valence-corrected chi connectivity index (χ4v) is 6.00. The molecule has 0 spiro atoms. The molecular weight excluding hydrogens is 494 g/mol. The lowest BCUT2D eigenvalue weighted by Gasteiger charge is -2.38. The molecule has 0 saturated carbocycles. The molecule has 5 rings (SSSR count). The zero-order valence-corrected chi connectivity index (χ0v) is 23.1. The highest BCUT2D eigenvalue weighted by Gasteiger charge is 2.29. The Morgan fingerprint density at radius 2 is 1.95 bits per heavy atom. The zero-order valence-electron chi connectivity index (χ0n) is 23.1. The Labute approximate surface area is 229 Å². The number of likely N-dealkylation sites (tertiary alicyclic amines) is 1. The van der Waals surface area contributed by atoms with E-state index in [1.165, 1.54) is 4.90 Å². The molecule has 0 aliphatic carbocycles. The maximum absolute atomic E-state index is 13.9. The molecule has 0 unspecified atom stereocenters. The molecule has 9 nitrogen and oxygen atoms in total. The molecule has 1 aromatic carbocycles. The molecule has 1 amide bonds. The smallest absolute Gasteiger partial charge is 0.407 e. The van der Waals surface area contributed by atoms with Gasteiger partial charge in [-0.1, -0.05) is 0 Å². The summed E-state index contributed by atoms with van der Waals surface area (Å²) in [5.74, 6) is 0. The van der Waals surface area contributed by atoms with E-state index >= 15 is 0 Å². The fourth-order valence-electron chi connectivity index (χ4n) is 6.00. The maximum atomic E-state index is 13.9. The van der Waals surface area contributed by atoms with E-state index in [0.717, 1.165) is 48.3 Å². The van der Waals surface area contributed by atoms with Crippen LogP contribution in [0.15, 0.2) is 47.5 Å². The third-order valence-corrected chi connectivity index (χ3v) is 8.08. The van der Waals surface area contributed by atoms with Crippen molar-refractivity contribution in [3.8, 4) is 0 Å². The van der Waals surface area contributed by atoms with Crippen molar-refractivity contribution in [1.82, 2.24) is 19.4 Å². The van der Waals surface area contributed by atoms with Gasteiger partial charge in [-0.15, -0.1) is 0 Å². The minimum Gasteiger partial charge on any atom is -0.465 e. The van der Waals surface area contributed by atoms with Gasteiger partial charge in [0.25, 0.3) is 0 Å². The van der Waals surface area contributed by atoms with E-state index in [0.29, 0.717) is 43.7 Å². The van der Waals surface area contributed by atoms with Crippen LogP contribution in [0.1, 0.15) is 56.0 Å². The number of benzene rings is 1. The summed E-state index contributed by atoms with van der Waals surface area (Å²) >= 11 is 0. The number of carbonyl (C=O) groups is 1. The summed E-state index contributed by atoms with van der Waals surface area (Å²) in [5, 5.41) is 20.4. The van der Waals surface area contributed by atoms with Crippen LogP contribution in [0.5, 0.6) is 0 Å². The summed E-state index contributed by atoms with van der Waals surface area (Å²) in [6, 6.07) is 10.2. The highest BCUT2D eigenvalue weighted by molar-refractivity contribution is 5.83. The number of fused-ring (bicyclic) bond motifs is 1. The van der Waals surface area contributed by atoms with E-state index in [2.05, 4.69) is 45.3 Å². The molecule has 208 valence electrons. The SMILES string of the molecule is Cc1cc(CN(Cc2cn(C(C)C)c3cc(N4CC[C@@H](O)C4)ccc3c2=O)[C@H]2CCCN(C(=O)O)C2)ccn1. The average molecular weight is 534 g/mol. The van der Waals surface area contributed by atoms with Crippen molar-refractivity contribution in [2.75, 3.05) is 31.1 Å². The standard InChI is InChI=1S/C30H39N5O4/c1-20(2)35-17-23(29(37)27-7-6-24(14-28(27)35)32-12-9-26(36)19-32)16-34(15-22-8-10-31-21(3)13-22)25-5-4-11-33(18-25)30(38)39/h6-8,10,13-14,17,20,25-26,36H,4-5,9,11-12,15-16,18-19H2,1-3H3,(H,38,39)/t25-,26+/m0/s1. The van der Waals surface area contributed by atoms with Gasteiger partial charge in [0.15, 0.2) is 5.43 Å². The Morgan fingerprint density at radius 1 is 1.13 bits per heavy atom. The number of nitrogens with zero attached hydrogens (tertiary/aromatic N) is 5. The molecule has 0 radical (unpaired) electrons. The molecule has 2 aliphatic heterocycles. The number of carboxylic acid groups (broad SMARTS) is 1. The summed E-state index contributed by atoms with van der Waals surface area (Å²) in [6.45, 7) is 9.60. The topological polar surface area (TPSA) is 102 Å². The van der Waals surface area contributed by atoms with Crippen molar-refractivity contribution >= 4 is 22.7 Å². The number of β-amino-alcohol motifs (C(OH)–C–C–N with tert-alkyl or cyclic N) is 1. The number of piperidine rings is 1. The van der Waals surface area contributed by atoms with Crippen molar-refractivity contribution in [3.63, 3.8) is 0 Å². The van der Waals surface area contributed by atoms with E-state index in [9.17, 15) is 19.8 Å². The van der Waals surface area contributed by atoms with E-state index in [4.69, 9.17) is 0 Å². The van der Waals surface area contributed by atoms with Crippen molar-refractivity contribution in [2.24, 2.45) is 0 Å². The number of aliphatic hydroxyl groups excluding tert-OH is 1. The van der Waals surface area contributed by atoms with Crippen molar-refractivity contribution < 1.29 is 15.0 Å². The van der Waals surface area contributed by atoms with Crippen LogP contribution in [0.25, 0.3) is 10.9 Å². The number of aryl methyl sites for hydroxylation is 1. The van der Waals surface area contributed by atoms with Crippen molar-refractivity contribution in [1.29, 1.82) is 0 Å². The first-order valence-electron chi connectivity index (χ1n) is 13.9. The van der Waals surface area contributed by atoms with E-state index in [1.807, 2.05) is 31.3 Å². The maximum Gasteiger partial charge on any atom is 0.407 e. The summed E-state index contributed by atoms with van der Waals surface area (Å²) in [5.41, 5.74) is 4.65. The van der Waals surface area contributed by atoms with Crippen LogP contribution in [-0.4, -0.2) is 74.0 Å². The number of hydrogen-bond acceptors (Lipinski definition) is 6. The minimum atomic E-state index is -0.895. The highest BCUT2D eigenvalue weighted by Crippen LogP contribution is 2.27. The molecule has 2 aliphatic rings. The van der Waals surface area contributed by atoms with Gasteiger partial charge in [0.2, 0.25) is 0 Å². The number of pyridine rings is 2. The molecule has 2 atom stereocenters. The Balaban J connectivity index is 1.52. The monoisotopic (exact) mass is 533 g/mol. The van der Waals surface area contributed by atoms with E-state index in [1.54, 1.807) is 6.20 Å². The molecule has 2 saturated heterocycles. The summed E-state index contributed by atoms with van der Waals surface area (Å²) in [6.07, 6.45) is 5.00. The van der Waals surface area contributed by atoms with Crippen LogP contribution in [0.4, 0.5) is 10.5 Å². The van der Waals surface area contributed by atoms with Crippen LogP contribution in [0.2, 0.25) is 0 Å². The van der Waals surface area contributed by atoms with Gasteiger partial charge in [-0.3, -0.25) is 14.7 Å². The summed E-state index contributed by atoms with van der Waals surface area (Å²) in [7, 11) is 0. The lowest BCUT2D eigenvalue weighted by Crippen LogP contribution is -2.49. The number of hydrogen-bond donors (Lipinski definition) is 2. The van der Waals surface area contributed by atoms with Gasteiger partial charge < -0.3 is 24.6 Å². The van der Waals surface area contributed by atoms with Crippen molar-refractivity contribution in [2.45, 2.75) is 71.3 Å². The molecule has 4 heterocycles. The third-order valence-electron chi connectivity index (χ3n) is 8.08. The second-order valence-electron chi connectivity index (χ2n) is 11.3. The van der Waals surface area contributed by atoms with Crippen LogP contribution < -0.4 is 10.3 Å². The van der Waals surface area contributed by atoms with Gasteiger partial charge in [0, 0.05) is 86.1 Å². The number of aromatic nitrogens is 2. The lowest BCUT2D eigenvalue weighted by atomic mass is 10.0. The predicted molar refractivity (Wildman–Crippen MR) is 152 cm³/mol. The van der Waals surface area contributed by atoms with Gasteiger partial charge in [-0.05, 0) is 75.9 Å². The fraction of sp³-hybridized carbons (Fsp3) is 0.500. The molecular formula is C30H39N5O4. The summed E-state index contributed by atoms with van der Waals surface area (Å²) < 4.78 is 2.17. The normalized spacial score (nSPS) is 19.9. The van der Waals surface area contributed by atoms with Gasteiger partial charge in [-0.25, -0.2) is 4.79 Å². The Bertz CT molecular complexity index is 1400. The molecule has 3 aromatic rings. The molecule has 0 bridgehead atoms. The minimum absolute atomic E-state index is 0.00916. The third kappa shape index (κ3) is 5.94. The first-order chi connectivity index (χ1) is 18.7. The molecule has 2 N–H and O–H groups in total. The molecule has 9 heteroatoms. The number of anilines is 1. The number of aliphatic hydroxyl groups is 1.